The Morgan fingerprint density at radius 1 is 1.37 bits per heavy atom. The lowest BCUT2D eigenvalue weighted by Crippen LogP contribution is -2.46. The second-order valence-corrected chi connectivity index (χ2v) is 6.49. The fourth-order valence-corrected chi connectivity index (χ4v) is 3.17. The van der Waals surface area contributed by atoms with Crippen LogP contribution in [-0.2, 0) is 6.42 Å². The smallest absolute Gasteiger partial charge is 0.109 e. The highest BCUT2D eigenvalue weighted by Gasteiger charge is 2.14. The molecule has 0 aliphatic carbocycles. The highest BCUT2D eigenvalue weighted by molar-refractivity contribution is 7.11. The maximum Gasteiger partial charge on any atom is 0.109 e. The van der Waals surface area contributed by atoms with Crippen molar-refractivity contribution >= 4 is 11.3 Å². The summed E-state index contributed by atoms with van der Waals surface area (Å²) in [6.07, 6.45) is 3.10. The molecule has 1 N–H and O–H groups in total. The fourth-order valence-electron chi connectivity index (χ4n) is 2.28. The SMILES string of the molecule is CCc1cnc(C(C)NCCN2CCN(C)CC2)s1. The Kier molecular flexibility index (Phi) is 5.76. The minimum absolute atomic E-state index is 0.373. The summed E-state index contributed by atoms with van der Waals surface area (Å²) in [4.78, 5) is 10.8. The summed E-state index contributed by atoms with van der Waals surface area (Å²) >= 11 is 1.83. The van der Waals surface area contributed by atoms with Gasteiger partial charge < -0.3 is 10.2 Å². The number of likely N-dealkylation sites (N-methyl/N-ethyl adjacent to an activating group) is 1. The molecule has 0 aromatic carbocycles. The molecule has 108 valence electrons. The Hall–Kier alpha value is -0.490. The highest BCUT2D eigenvalue weighted by Crippen LogP contribution is 2.19. The molecule has 1 atom stereocenters. The van der Waals surface area contributed by atoms with Crippen LogP contribution in [0.2, 0.25) is 0 Å². The lowest BCUT2D eigenvalue weighted by molar-refractivity contribution is 0.154. The summed E-state index contributed by atoms with van der Waals surface area (Å²) in [5.74, 6) is 0. The van der Waals surface area contributed by atoms with Crippen LogP contribution >= 0.6 is 11.3 Å². The molecule has 0 spiro atoms. The van der Waals surface area contributed by atoms with E-state index in [0.717, 1.165) is 19.5 Å². The molecular formula is C14H26N4S. The first-order valence-electron chi connectivity index (χ1n) is 7.28. The average Bonchev–Trinajstić information content (AvgIpc) is 2.90. The minimum Gasteiger partial charge on any atom is -0.307 e. The van der Waals surface area contributed by atoms with Crippen LogP contribution < -0.4 is 5.32 Å². The van der Waals surface area contributed by atoms with Crippen LogP contribution in [0.5, 0.6) is 0 Å². The zero-order valence-electron chi connectivity index (χ0n) is 12.4. The van der Waals surface area contributed by atoms with Gasteiger partial charge in [0.05, 0.1) is 6.04 Å². The quantitative estimate of drug-likeness (QED) is 0.859. The van der Waals surface area contributed by atoms with Crippen LogP contribution in [0.25, 0.3) is 0 Å². The average molecular weight is 282 g/mol. The van der Waals surface area contributed by atoms with Crippen LogP contribution in [0, 0.1) is 0 Å². The Labute approximate surface area is 120 Å². The first-order valence-corrected chi connectivity index (χ1v) is 8.09. The Bertz CT molecular complexity index is 371. The van der Waals surface area contributed by atoms with Crippen LogP contribution in [-0.4, -0.2) is 61.1 Å². The summed E-state index contributed by atoms with van der Waals surface area (Å²) in [7, 11) is 2.20. The largest absolute Gasteiger partial charge is 0.307 e. The summed E-state index contributed by atoms with van der Waals surface area (Å²) in [6, 6.07) is 0.373. The molecule has 4 nitrogen and oxygen atoms in total. The zero-order valence-corrected chi connectivity index (χ0v) is 13.2. The van der Waals surface area contributed by atoms with E-state index in [0.29, 0.717) is 6.04 Å². The summed E-state index contributed by atoms with van der Waals surface area (Å²) < 4.78 is 0. The number of rotatable bonds is 6. The van der Waals surface area contributed by atoms with E-state index in [4.69, 9.17) is 0 Å². The molecule has 1 aliphatic heterocycles. The molecule has 1 aromatic heterocycles. The monoisotopic (exact) mass is 282 g/mol. The van der Waals surface area contributed by atoms with Crippen molar-refractivity contribution in [3.8, 4) is 0 Å². The predicted molar refractivity (Wildman–Crippen MR) is 81.8 cm³/mol. The number of hydrogen-bond acceptors (Lipinski definition) is 5. The first kappa shape index (κ1) is 14.9. The molecule has 0 bridgehead atoms. The van der Waals surface area contributed by atoms with Gasteiger partial charge in [-0.2, -0.15) is 0 Å². The number of nitrogens with zero attached hydrogens (tertiary/aromatic N) is 3. The Balaban J connectivity index is 1.67. The third kappa shape index (κ3) is 4.53. The van der Waals surface area contributed by atoms with Gasteiger partial charge in [0.15, 0.2) is 0 Å². The van der Waals surface area contributed by atoms with Gasteiger partial charge in [-0.25, -0.2) is 4.98 Å². The molecule has 2 heterocycles. The van der Waals surface area contributed by atoms with Gasteiger partial charge in [-0.1, -0.05) is 6.92 Å². The number of thiazole rings is 1. The van der Waals surface area contributed by atoms with Crippen molar-refractivity contribution in [2.24, 2.45) is 0 Å². The van der Waals surface area contributed by atoms with Crippen LogP contribution in [0.1, 0.15) is 29.8 Å². The van der Waals surface area contributed by atoms with Crippen LogP contribution in [0.4, 0.5) is 0 Å². The molecule has 5 heteroatoms. The highest BCUT2D eigenvalue weighted by atomic mass is 32.1. The van der Waals surface area contributed by atoms with Gasteiger partial charge in [-0.15, -0.1) is 11.3 Å². The number of hydrogen-bond donors (Lipinski definition) is 1. The summed E-state index contributed by atoms with van der Waals surface area (Å²) in [5, 5.41) is 4.81. The summed E-state index contributed by atoms with van der Waals surface area (Å²) in [6.45, 7) is 11.4. The van der Waals surface area contributed by atoms with Crippen molar-refractivity contribution < 1.29 is 0 Å². The normalized spacial score (nSPS) is 19.7. The van der Waals surface area contributed by atoms with Crippen molar-refractivity contribution in [3.05, 3.63) is 16.1 Å². The lowest BCUT2D eigenvalue weighted by Gasteiger charge is -2.32. The second kappa shape index (κ2) is 7.33. The van der Waals surface area contributed by atoms with Crippen molar-refractivity contribution in [3.63, 3.8) is 0 Å². The maximum absolute atomic E-state index is 4.50. The number of piperazine rings is 1. The van der Waals surface area contributed by atoms with E-state index in [1.807, 2.05) is 17.5 Å². The van der Waals surface area contributed by atoms with Crippen molar-refractivity contribution in [1.29, 1.82) is 0 Å². The zero-order chi connectivity index (χ0) is 13.7. The Morgan fingerprint density at radius 2 is 2.11 bits per heavy atom. The van der Waals surface area contributed by atoms with E-state index < -0.39 is 0 Å². The third-order valence-corrected chi connectivity index (χ3v) is 5.09. The first-order chi connectivity index (χ1) is 9.19. The minimum atomic E-state index is 0.373. The molecule has 0 saturated carbocycles. The molecule has 1 unspecified atom stereocenters. The third-order valence-electron chi connectivity index (χ3n) is 3.76. The van der Waals surface area contributed by atoms with Crippen LogP contribution in [0.3, 0.4) is 0 Å². The maximum atomic E-state index is 4.50. The van der Waals surface area contributed by atoms with Gasteiger partial charge in [0, 0.05) is 50.3 Å². The molecule has 0 amide bonds. The number of nitrogens with one attached hydrogen (secondary N) is 1. The molecule has 2 rings (SSSR count). The van der Waals surface area contributed by atoms with Crippen molar-refractivity contribution in [2.45, 2.75) is 26.3 Å². The van der Waals surface area contributed by atoms with Gasteiger partial charge in [-0.05, 0) is 20.4 Å². The molecule has 1 fully saturated rings. The van der Waals surface area contributed by atoms with E-state index in [9.17, 15) is 0 Å². The van der Waals surface area contributed by atoms with E-state index in [2.05, 4.69) is 41.0 Å². The lowest BCUT2D eigenvalue weighted by atomic mass is 10.3. The predicted octanol–water partition coefficient (Wildman–Crippen LogP) is 1.60. The van der Waals surface area contributed by atoms with E-state index in [1.54, 1.807) is 0 Å². The topological polar surface area (TPSA) is 31.4 Å². The molecule has 19 heavy (non-hydrogen) atoms. The van der Waals surface area contributed by atoms with Crippen molar-refractivity contribution in [1.82, 2.24) is 20.1 Å². The second-order valence-electron chi connectivity index (χ2n) is 5.34. The van der Waals surface area contributed by atoms with Crippen molar-refractivity contribution in [2.75, 3.05) is 46.3 Å². The fraction of sp³-hybridized carbons (Fsp3) is 0.786. The van der Waals surface area contributed by atoms with Gasteiger partial charge >= 0.3 is 0 Å². The van der Waals surface area contributed by atoms with E-state index >= 15 is 0 Å². The summed E-state index contributed by atoms with van der Waals surface area (Å²) in [5.41, 5.74) is 0. The van der Waals surface area contributed by atoms with Crippen LogP contribution in [0.15, 0.2) is 6.20 Å². The van der Waals surface area contributed by atoms with Gasteiger partial charge in [-0.3, -0.25) is 4.90 Å². The van der Waals surface area contributed by atoms with Gasteiger partial charge in [0.1, 0.15) is 5.01 Å². The molecule has 1 aromatic rings. The number of aromatic nitrogens is 1. The standard InChI is InChI=1S/C14H26N4S/c1-4-13-11-16-14(19-13)12(2)15-5-6-18-9-7-17(3)8-10-18/h11-12,15H,4-10H2,1-3H3. The van der Waals surface area contributed by atoms with Gasteiger partial charge in [0.2, 0.25) is 0 Å². The Morgan fingerprint density at radius 3 is 2.74 bits per heavy atom. The molecule has 0 radical (unpaired) electrons. The number of aryl methyl sites for hydroxylation is 1. The molecular weight excluding hydrogens is 256 g/mol. The van der Waals surface area contributed by atoms with E-state index in [1.165, 1.54) is 36.1 Å². The van der Waals surface area contributed by atoms with Gasteiger partial charge in [0.25, 0.3) is 0 Å². The molecule has 1 saturated heterocycles. The molecule has 1 aliphatic rings. The van der Waals surface area contributed by atoms with E-state index in [-0.39, 0.29) is 0 Å².